The van der Waals surface area contributed by atoms with Crippen LogP contribution in [0.3, 0.4) is 0 Å². The van der Waals surface area contributed by atoms with Gasteiger partial charge in [-0.3, -0.25) is 4.40 Å². The van der Waals surface area contributed by atoms with Crippen molar-refractivity contribution >= 4 is 32.9 Å². The summed E-state index contributed by atoms with van der Waals surface area (Å²) < 4.78 is 25.8. The number of imidazole rings is 1. The molecule has 10 nitrogen and oxygen atoms in total. The molecule has 2 unspecified atom stereocenters. The molecule has 0 aliphatic carbocycles. The van der Waals surface area contributed by atoms with Crippen molar-refractivity contribution in [1.82, 2.24) is 29.3 Å². The molecule has 1 fully saturated rings. The van der Waals surface area contributed by atoms with Gasteiger partial charge in [-0.2, -0.15) is 0 Å². The summed E-state index contributed by atoms with van der Waals surface area (Å²) >= 11 is 0. The normalized spacial score (nSPS) is 20.4. The van der Waals surface area contributed by atoms with Crippen LogP contribution in [0.15, 0.2) is 48.1 Å². The molecule has 37 heavy (non-hydrogen) atoms. The number of nitrogens with one attached hydrogen (secondary N) is 1. The minimum atomic E-state index is -3.38. The van der Waals surface area contributed by atoms with Crippen LogP contribution in [0.2, 0.25) is 0 Å². The van der Waals surface area contributed by atoms with E-state index in [0.717, 1.165) is 43.0 Å². The lowest BCUT2D eigenvalue weighted by Gasteiger charge is -2.41. The van der Waals surface area contributed by atoms with E-state index in [1.165, 1.54) is 6.07 Å². The Morgan fingerprint density at radius 1 is 1.03 bits per heavy atom. The van der Waals surface area contributed by atoms with Gasteiger partial charge in [-0.25, -0.2) is 33.3 Å². The quantitative estimate of drug-likeness (QED) is 0.405. The maximum absolute atomic E-state index is 11.8. The smallest absolute Gasteiger partial charge is 0.225 e. The lowest BCUT2D eigenvalue weighted by Crippen LogP contribution is -2.44. The van der Waals surface area contributed by atoms with Crippen molar-refractivity contribution in [2.75, 3.05) is 29.6 Å². The highest BCUT2D eigenvalue weighted by molar-refractivity contribution is 7.90. The van der Waals surface area contributed by atoms with E-state index in [9.17, 15) is 8.42 Å². The summed E-state index contributed by atoms with van der Waals surface area (Å²) in [6.45, 7) is 10.1. The van der Waals surface area contributed by atoms with E-state index in [-0.39, 0.29) is 5.03 Å². The molecule has 0 spiro atoms. The topological polar surface area (TPSA) is 118 Å². The molecule has 1 aliphatic heterocycles. The van der Waals surface area contributed by atoms with Gasteiger partial charge in [0.25, 0.3) is 0 Å². The third-order valence-corrected chi connectivity index (χ3v) is 8.10. The van der Waals surface area contributed by atoms with Crippen LogP contribution in [0.1, 0.15) is 43.6 Å². The number of piperidine rings is 1. The second kappa shape index (κ2) is 9.70. The molecule has 194 valence electrons. The summed E-state index contributed by atoms with van der Waals surface area (Å²) in [5.41, 5.74) is 4.25. The van der Waals surface area contributed by atoms with E-state index in [4.69, 9.17) is 4.98 Å². The molecule has 5 heterocycles. The first kappa shape index (κ1) is 25.1. The standard InChI is InChI=1S/C26H32N8O2S/c1-6-19-11-29-26(30-12-19)33-14-16(2)23(17(3)15-33)21-13-28-25-24(27-9-10-34(21)25)32-20-7-8-22(31-18(20)4)37(5,35)36/h7-13,16-17,23H,6,14-15H2,1-5H3,(H,27,32). The zero-order valence-corrected chi connectivity index (χ0v) is 22.6. The summed E-state index contributed by atoms with van der Waals surface area (Å²) in [5.74, 6) is 2.39. The number of aryl methyl sites for hydroxylation is 2. The number of hydrogen-bond donors (Lipinski definition) is 1. The van der Waals surface area contributed by atoms with Crippen LogP contribution in [0.4, 0.5) is 17.5 Å². The maximum atomic E-state index is 11.8. The zero-order chi connectivity index (χ0) is 26.3. The van der Waals surface area contributed by atoms with Crippen LogP contribution in [-0.2, 0) is 16.3 Å². The first-order valence-electron chi connectivity index (χ1n) is 12.5. The second-order valence-corrected chi connectivity index (χ2v) is 11.9. The molecular formula is C26H32N8O2S. The molecule has 1 N–H and O–H groups in total. The van der Waals surface area contributed by atoms with Crippen LogP contribution in [0.25, 0.3) is 5.65 Å². The fraction of sp³-hybridized carbons (Fsp3) is 0.423. The summed E-state index contributed by atoms with van der Waals surface area (Å²) in [5, 5.41) is 3.34. The van der Waals surface area contributed by atoms with Gasteiger partial charge >= 0.3 is 0 Å². The summed E-state index contributed by atoms with van der Waals surface area (Å²) in [6, 6.07) is 3.21. The third-order valence-electron chi connectivity index (χ3n) is 7.12. The van der Waals surface area contributed by atoms with Gasteiger partial charge < -0.3 is 10.2 Å². The molecule has 1 saturated heterocycles. The Kier molecular flexibility index (Phi) is 6.57. The average Bonchev–Trinajstić information content (AvgIpc) is 3.29. The Bertz CT molecular complexity index is 1520. The summed E-state index contributed by atoms with van der Waals surface area (Å²) in [4.78, 5) is 25.0. The third kappa shape index (κ3) is 4.87. The molecule has 0 aromatic carbocycles. The number of pyridine rings is 1. The minimum Gasteiger partial charge on any atom is -0.340 e. The minimum absolute atomic E-state index is 0.0471. The number of fused-ring (bicyclic) bond motifs is 1. The summed E-state index contributed by atoms with van der Waals surface area (Å²) in [6.07, 6.45) is 11.6. The molecule has 2 atom stereocenters. The predicted molar refractivity (Wildman–Crippen MR) is 143 cm³/mol. The van der Waals surface area contributed by atoms with E-state index in [1.807, 2.05) is 24.8 Å². The summed E-state index contributed by atoms with van der Waals surface area (Å²) in [7, 11) is -3.38. The number of aromatic nitrogens is 6. The van der Waals surface area contributed by atoms with Gasteiger partial charge in [-0.05, 0) is 42.9 Å². The van der Waals surface area contributed by atoms with Crippen LogP contribution in [0, 0.1) is 18.8 Å². The van der Waals surface area contributed by atoms with E-state index in [0.29, 0.717) is 40.6 Å². The fourth-order valence-corrected chi connectivity index (χ4v) is 5.89. The first-order valence-corrected chi connectivity index (χ1v) is 14.4. The highest BCUT2D eigenvalue weighted by atomic mass is 32.2. The van der Waals surface area contributed by atoms with E-state index in [1.54, 1.807) is 19.2 Å². The lowest BCUT2D eigenvalue weighted by atomic mass is 9.77. The molecule has 11 heteroatoms. The number of sulfone groups is 1. The molecule has 0 saturated carbocycles. The van der Waals surface area contributed by atoms with Crippen LogP contribution >= 0.6 is 0 Å². The van der Waals surface area contributed by atoms with Gasteiger partial charge in [0.2, 0.25) is 5.95 Å². The molecule has 0 amide bonds. The van der Waals surface area contributed by atoms with Crippen molar-refractivity contribution in [3.63, 3.8) is 0 Å². The van der Waals surface area contributed by atoms with Crippen molar-refractivity contribution in [2.24, 2.45) is 11.8 Å². The van der Waals surface area contributed by atoms with Crippen molar-refractivity contribution in [3.05, 3.63) is 60.1 Å². The van der Waals surface area contributed by atoms with Crippen molar-refractivity contribution in [2.45, 2.75) is 45.1 Å². The van der Waals surface area contributed by atoms with E-state index < -0.39 is 9.84 Å². The molecule has 0 bridgehead atoms. The van der Waals surface area contributed by atoms with Crippen LogP contribution < -0.4 is 10.2 Å². The Morgan fingerprint density at radius 3 is 2.35 bits per heavy atom. The maximum Gasteiger partial charge on any atom is 0.225 e. The van der Waals surface area contributed by atoms with Crippen LogP contribution in [-0.4, -0.2) is 57.1 Å². The molecule has 4 aromatic heterocycles. The van der Waals surface area contributed by atoms with E-state index in [2.05, 4.69) is 55.3 Å². The number of anilines is 3. The Balaban J connectivity index is 1.41. The molecule has 5 rings (SSSR count). The predicted octanol–water partition coefficient (Wildman–Crippen LogP) is 3.81. The molecular weight excluding hydrogens is 488 g/mol. The monoisotopic (exact) mass is 520 g/mol. The number of nitrogens with zero attached hydrogens (tertiary/aromatic N) is 7. The molecule has 0 radical (unpaired) electrons. The lowest BCUT2D eigenvalue weighted by molar-refractivity contribution is 0.289. The molecule has 1 aliphatic rings. The SMILES string of the molecule is CCc1cnc(N2CC(C)C(c3cnc4c(Nc5ccc(S(C)(=O)=O)nc5C)nccn34)C(C)C2)nc1. The van der Waals surface area contributed by atoms with Gasteiger partial charge in [0, 0.05) is 61.9 Å². The number of hydrogen-bond acceptors (Lipinski definition) is 9. The van der Waals surface area contributed by atoms with Crippen molar-refractivity contribution < 1.29 is 8.42 Å². The second-order valence-electron chi connectivity index (χ2n) is 9.96. The van der Waals surface area contributed by atoms with Gasteiger partial charge in [-0.1, -0.05) is 20.8 Å². The van der Waals surface area contributed by atoms with Gasteiger partial charge in [0.15, 0.2) is 26.3 Å². The van der Waals surface area contributed by atoms with Gasteiger partial charge in [-0.15, -0.1) is 0 Å². The van der Waals surface area contributed by atoms with Gasteiger partial charge in [0.05, 0.1) is 11.4 Å². The Morgan fingerprint density at radius 2 is 1.73 bits per heavy atom. The van der Waals surface area contributed by atoms with Gasteiger partial charge in [0.1, 0.15) is 0 Å². The van der Waals surface area contributed by atoms with Crippen molar-refractivity contribution in [1.29, 1.82) is 0 Å². The fourth-order valence-electron chi connectivity index (χ4n) is 5.28. The largest absolute Gasteiger partial charge is 0.340 e. The Hall–Kier alpha value is -3.60. The number of rotatable bonds is 6. The average molecular weight is 521 g/mol. The van der Waals surface area contributed by atoms with Crippen molar-refractivity contribution in [3.8, 4) is 0 Å². The highest BCUT2D eigenvalue weighted by Crippen LogP contribution is 2.38. The highest BCUT2D eigenvalue weighted by Gasteiger charge is 2.36. The zero-order valence-electron chi connectivity index (χ0n) is 21.8. The van der Waals surface area contributed by atoms with Crippen LogP contribution in [0.5, 0.6) is 0 Å². The molecule has 4 aromatic rings. The first-order chi connectivity index (χ1) is 17.7. The van der Waals surface area contributed by atoms with E-state index >= 15 is 0 Å². The Labute approximate surface area is 217 Å².